The summed E-state index contributed by atoms with van der Waals surface area (Å²) in [5.74, 6) is 0. The molecule has 2 aliphatic heterocycles. The van der Waals surface area contributed by atoms with E-state index in [4.69, 9.17) is 4.74 Å². The molecule has 2 saturated heterocycles. The number of aromatic amines is 2. The van der Waals surface area contributed by atoms with Gasteiger partial charge in [0, 0.05) is 13.0 Å². The van der Waals surface area contributed by atoms with Crippen molar-refractivity contribution in [3.63, 3.8) is 0 Å². The van der Waals surface area contributed by atoms with Gasteiger partial charge < -0.3 is 4.74 Å². The Morgan fingerprint density at radius 3 is 3.28 bits per heavy atom. The number of aromatic nitrogens is 4. The Morgan fingerprint density at radius 1 is 1.52 bits per heavy atom. The molecule has 3 aromatic rings. The summed E-state index contributed by atoms with van der Waals surface area (Å²) >= 11 is 3.57. The van der Waals surface area contributed by atoms with Crippen LogP contribution in [0.3, 0.4) is 0 Å². The van der Waals surface area contributed by atoms with E-state index in [1.807, 2.05) is 0 Å². The van der Waals surface area contributed by atoms with Crippen LogP contribution in [-0.2, 0) is 0 Å². The molecule has 0 aromatic carbocycles. The van der Waals surface area contributed by atoms with Crippen LogP contribution in [-0.4, -0.2) is 56.5 Å². The molecule has 0 spiro atoms. The molecular weight excluding hydrogens is 460 g/mol. The third-order valence-electron chi connectivity index (χ3n) is 5.22. The fraction of sp³-hybridized carbons (Fsp3) is 0.533. The maximum Gasteiger partial charge on any atom is 0.297 e. The molecule has 7 nitrogen and oxygen atoms in total. The van der Waals surface area contributed by atoms with Gasteiger partial charge in [0.2, 0.25) is 0 Å². The van der Waals surface area contributed by atoms with Gasteiger partial charge in [-0.25, -0.2) is 4.39 Å². The van der Waals surface area contributed by atoms with Gasteiger partial charge in [-0.05, 0) is 42.0 Å². The van der Waals surface area contributed by atoms with Crippen LogP contribution in [0.15, 0.2) is 4.79 Å². The predicted molar refractivity (Wildman–Crippen MR) is 101 cm³/mol. The number of halogens is 2. The third-order valence-corrected chi connectivity index (χ3v) is 7.46. The van der Waals surface area contributed by atoms with Crippen molar-refractivity contribution in [1.82, 2.24) is 25.1 Å². The van der Waals surface area contributed by atoms with E-state index in [2.05, 4.69) is 47.7 Å². The van der Waals surface area contributed by atoms with E-state index in [0.717, 1.165) is 27.8 Å². The summed E-state index contributed by atoms with van der Waals surface area (Å²) in [7, 11) is 0. The Kier molecular flexibility index (Phi) is 3.58. The van der Waals surface area contributed by atoms with Crippen molar-refractivity contribution in [1.29, 1.82) is 0 Å². The van der Waals surface area contributed by atoms with Crippen LogP contribution in [0.5, 0.6) is 6.01 Å². The van der Waals surface area contributed by atoms with E-state index in [-0.39, 0.29) is 17.1 Å². The molecule has 0 saturated carbocycles. The first-order chi connectivity index (χ1) is 12.1. The maximum atomic E-state index is 13.8. The summed E-state index contributed by atoms with van der Waals surface area (Å²) in [6.45, 7) is 1.74. The van der Waals surface area contributed by atoms with Gasteiger partial charge >= 0.3 is 0 Å². The summed E-state index contributed by atoms with van der Waals surface area (Å²) in [5, 5.41) is 7.54. The second kappa shape index (κ2) is 5.61. The summed E-state index contributed by atoms with van der Waals surface area (Å²) in [6, 6.07) is 0.198. The molecule has 3 aromatic heterocycles. The molecular formula is C15H15FIN5O2S. The number of nitrogens with zero attached hydrogens (tertiary/aromatic N) is 3. The zero-order valence-corrected chi connectivity index (χ0v) is 16.1. The van der Waals surface area contributed by atoms with E-state index in [1.165, 1.54) is 11.3 Å². The van der Waals surface area contributed by atoms with Crippen LogP contribution in [0.2, 0.25) is 0 Å². The Labute approximate surface area is 159 Å². The molecule has 2 aliphatic rings. The Bertz CT molecular complexity index is 1030. The molecule has 10 heteroatoms. The van der Waals surface area contributed by atoms with Crippen LogP contribution < -0.4 is 10.3 Å². The molecule has 0 unspecified atom stereocenters. The minimum absolute atomic E-state index is 0.198. The zero-order valence-electron chi connectivity index (χ0n) is 13.1. The highest BCUT2D eigenvalue weighted by Gasteiger charge is 2.49. The van der Waals surface area contributed by atoms with Gasteiger partial charge in [0.05, 0.1) is 10.2 Å². The molecule has 2 fully saturated rings. The number of rotatable bonds is 3. The highest BCUT2D eigenvalue weighted by atomic mass is 127. The second-order valence-corrected chi connectivity index (χ2v) is 8.81. The topological polar surface area (TPSA) is 86.9 Å². The van der Waals surface area contributed by atoms with Crippen molar-refractivity contribution in [2.75, 3.05) is 19.7 Å². The molecule has 0 aliphatic carbocycles. The molecule has 25 heavy (non-hydrogen) atoms. The maximum absolute atomic E-state index is 13.8. The van der Waals surface area contributed by atoms with Gasteiger partial charge in [0.1, 0.15) is 32.2 Å². The molecule has 0 amide bonds. The van der Waals surface area contributed by atoms with Crippen LogP contribution in [0.25, 0.3) is 20.4 Å². The van der Waals surface area contributed by atoms with Crippen molar-refractivity contribution in [2.24, 2.45) is 0 Å². The first kappa shape index (κ1) is 15.9. The monoisotopic (exact) mass is 475 g/mol. The molecule has 5 rings (SSSR count). The molecule has 5 heterocycles. The first-order valence-electron chi connectivity index (χ1n) is 8.14. The first-order valence-corrected chi connectivity index (χ1v) is 10.0. The minimum Gasteiger partial charge on any atom is -0.463 e. The summed E-state index contributed by atoms with van der Waals surface area (Å²) < 4.78 is 21.5. The number of fused-ring (bicyclic) bond motifs is 4. The smallest absolute Gasteiger partial charge is 0.297 e. The van der Waals surface area contributed by atoms with Crippen molar-refractivity contribution in [2.45, 2.75) is 31.0 Å². The van der Waals surface area contributed by atoms with E-state index in [9.17, 15) is 9.18 Å². The van der Waals surface area contributed by atoms with E-state index >= 15 is 0 Å². The van der Waals surface area contributed by atoms with Crippen LogP contribution >= 0.6 is 33.9 Å². The van der Waals surface area contributed by atoms with Crippen LogP contribution in [0.4, 0.5) is 4.39 Å². The van der Waals surface area contributed by atoms with Gasteiger partial charge in [0.25, 0.3) is 11.6 Å². The Hall–Kier alpha value is -1.27. The molecule has 2 atom stereocenters. The minimum atomic E-state index is -0.801. The second-order valence-electron chi connectivity index (χ2n) is 6.73. The number of nitrogens with one attached hydrogen (secondary N) is 2. The van der Waals surface area contributed by atoms with Gasteiger partial charge in [-0.2, -0.15) is 10.1 Å². The highest BCUT2D eigenvalue weighted by Crippen LogP contribution is 2.40. The van der Waals surface area contributed by atoms with Crippen molar-refractivity contribution < 1.29 is 9.13 Å². The van der Waals surface area contributed by atoms with Gasteiger partial charge in [-0.15, -0.1) is 11.3 Å². The predicted octanol–water partition coefficient (Wildman–Crippen LogP) is 2.42. The molecule has 0 radical (unpaired) electrons. The lowest BCUT2D eigenvalue weighted by Crippen LogP contribution is -2.43. The zero-order chi connectivity index (χ0) is 17.2. The largest absolute Gasteiger partial charge is 0.463 e. The van der Waals surface area contributed by atoms with Crippen molar-refractivity contribution in [3.8, 4) is 6.01 Å². The average molecular weight is 475 g/mol. The number of ether oxygens (including phenoxy) is 1. The molecule has 2 N–H and O–H groups in total. The van der Waals surface area contributed by atoms with E-state index in [0.29, 0.717) is 35.3 Å². The number of alkyl halides is 1. The van der Waals surface area contributed by atoms with Crippen molar-refractivity contribution in [3.05, 3.63) is 14.1 Å². The lowest BCUT2D eigenvalue weighted by Gasteiger charge is -2.30. The quantitative estimate of drug-likeness (QED) is 0.569. The number of hydrogen-bond donors (Lipinski definition) is 2. The normalized spacial score (nSPS) is 26.7. The lowest BCUT2D eigenvalue weighted by atomic mass is 9.95. The summed E-state index contributed by atoms with van der Waals surface area (Å²) in [6.07, 6.45) is 1.67. The third kappa shape index (κ3) is 2.40. The Morgan fingerprint density at radius 2 is 2.40 bits per heavy atom. The van der Waals surface area contributed by atoms with Crippen molar-refractivity contribution >= 4 is 54.4 Å². The fourth-order valence-electron chi connectivity index (χ4n) is 4.10. The van der Waals surface area contributed by atoms with E-state index in [1.54, 1.807) is 0 Å². The summed E-state index contributed by atoms with van der Waals surface area (Å²) in [4.78, 5) is 22.4. The number of thiophene rings is 1. The standard InChI is InChI=1S/C15H15FIN5O2S/c16-7-4-15(2-1-3-22(15)5-7)6-24-14-18-12(23)8-9-10(11(17)21-20-9)25-13(8)19-14/h7H,1-6H2,(H,20,21)(H,18,19,23)/t7-,15+/m1/s1. The van der Waals surface area contributed by atoms with Gasteiger partial charge in [-0.1, -0.05) is 0 Å². The highest BCUT2D eigenvalue weighted by molar-refractivity contribution is 14.1. The van der Waals surface area contributed by atoms with Crippen LogP contribution in [0.1, 0.15) is 19.3 Å². The number of H-pyrrole nitrogens is 2. The Balaban J connectivity index is 1.47. The lowest BCUT2D eigenvalue weighted by molar-refractivity contribution is 0.107. The summed E-state index contributed by atoms with van der Waals surface area (Å²) in [5.41, 5.74) is 0.123. The van der Waals surface area contributed by atoms with Gasteiger partial charge in [0.15, 0.2) is 0 Å². The van der Waals surface area contributed by atoms with E-state index < -0.39 is 6.17 Å². The number of hydrogen-bond acceptors (Lipinski definition) is 6. The fourth-order valence-corrected chi connectivity index (χ4v) is 5.80. The molecule has 0 bridgehead atoms. The van der Waals surface area contributed by atoms with Gasteiger partial charge in [-0.3, -0.25) is 19.8 Å². The van der Waals surface area contributed by atoms with Crippen LogP contribution in [0, 0.1) is 3.70 Å². The SMILES string of the molecule is O=c1[nH]c(OC[C@@]23CCCN2C[C@H](F)C3)nc2sc3c(I)[nH]nc3c12. The average Bonchev–Trinajstić information content (AvgIpc) is 3.26. The molecule has 132 valence electrons.